The molecule has 9 heteroatoms. The van der Waals surface area contributed by atoms with Gasteiger partial charge in [0.25, 0.3) is 0 Å². The Morgan fingerprint density at radius 1 is 1.26 bits per heavy atom. The van der Waals surface area contributed by atoms with E-state index in [1.165, 1.54) is 35.9 Å². The molecule has 1 aromatic carbocycles. The summed E-state index contributed by atoms with van der Waals surface area (Å²) in [6.07, 6.45) is 2.34. The molecule has 144 valence electrons. The smallest absolute Gasteiger partial charge is 0.243 e. The zero-order chi connectivity index (χ0) is 19.4. The van der Waals surface area contributed by atoms with Crippen molar-refractivity contribution in [1.29, 1.82) is 0 Å². The number of nitrogens with zero attached hydrogens (tertiary/aromatic N) is 2. The van der Waals surface area contributed by atoms with Gasteiger partial charge in [-0.15, -0.1) is 10.2 Å². The lowest BCUT2D eigenvalue weighted by Gasteiger charge is -2.13. The van der Waals surface area contributed by atoms with Crippen LogP contribution in [0.4, 0.5) is 10.8 Å². The number of aromatic nitrogens is 2. The van der Waals surface area contributed by atoms with Gasteiger partial charge in [0.1, 0.15) is 0 Å². The van der Waals surface area contributed by atoms with E-state index in [2.05, 4.69) is 26.1 Å². The summed E-state index contributed by atoms with van der Waals surface area (Å²) < 4.78 is 0.737. The zero-order valence-corrected chi connectivity index (χ0v) is 17.2. The average Bonchev–Trinajstić information content (AvgIpc) is 3.34. The molecule has 1 fully saturated rings. The fourth-order valence-corrected chi connectivity index (χ4v) is 4.43. The third-order valence-electron chi connectivity index (χ3n) is 4.13. The Bertz CT molecular complexity index is 815. The molecule has 1 atom stereocenters. The molecule has 0 unspecified atom stereocenters. The first-order valence-electron chi connectivity index (χ1n) is 8.83. The van der Waals surface area contributed by atoms with E-state index < -0.39 is 0 Å². The Morgan fingerprint density at radius 2 is 1.96 bits per heavy atom. The summed E-state index contributed by atoms with van der Waals surface area (Å²) in [5.41, 5.74) is 2.78. The number of anilines is 2. The number of hydrogen-bond donors (Lipinski definition) is 3. The number of aryl methyl sites for hydroxylation is 2. The van der Waals surface area contributed by atoms with Crippen molar-refractivity contribution in [2.45, 2.75) is 49.2 Å². The second-order valence-electron chi connectivity index (χ2n) is 6.58. The highest BCUT2D eigenvalue weighted by Gasteiger charge is 2.23. The molecule has 3 rings (SSSR count). The molecule has 0 radical (unpaired) electrons. The van der Waals surface area contributed by atoms with Gasteiger partial charge in [-0.3, -0.25) is 9.59 Å². The highest BCUT2D eigenvalue weighted by atomic mass is 32.2. The summed E-state index contributed by atoms with van der Waals surface area (Å²) in [6.45, 7) is 5.60. The summed E-state index contributed by atoms with van der Waals surface area (Å²) in [6, 6.07) is 6.34. The largest absolute Gasteiger partial charge is 0.357 e. The van der Waals surface area contributed by atoms with Crippen molar-refractivity contribution >= 4 is 45.7 Å². The van der Waals surface area contributed by atoms with Crippen LogP contribution in [0.2, 0.25) is 0 Å². The molecule has 7 nitrogen and oxygen atoms in total. The van der Waals surface area contributed by atoms with E-state index in [1.54, 1.807) is 6.92 Å². The molecule has 2 amide bonds. The van der Waals surface area contributed by atoms with Gasteiger partial charge in [-0.1, -0.05) is 41.3 Å². The Hall–Kier alpha value is -2.13. The predicted octanol–water partition coefficient (Wildman–Crippen LogP) is 2.96. The number of amides is 2. The van der Waals surface area contributed by atoms with E-state index >= 15 is 0 Å². The van der Waals surface area contributed by atoms with Crippen LogP contribution in [0, 0.1) is 13.8 Å². The molecule has 2 aromatic rings. The summed E-state index contributed by atoms with van der Waals surface area (Å²) in [5, 5.41) is 17.4. The van der Waals surface area contributed by atoms with Gasteiger partial charge in [0.15, 0.2) is 4.34 Å². The standard InChI is InChI=1S/C18H23N5O2S2/c1-10-5-4-6-11(2)15(10)21-14(24)9-19-16(25)12(3)26-18-23-22-17(27-18)20-13-7-8-13/h4-6,12-13H,7-9H2,1-3H3,(H,19,25)(H,20,22)(H,21,24)/t12-/m0/s1. The van der Waals surface area contributed by atoms with Crippen LogP contribution in [0.3, 0.4) is 0 Å². The van der Waals surface area contributed by atoms with Crippen molar-refractivity contribution in [3.8, 4) is 0 Å². The topological polar surface area (TPSA) is 96.0 Å². The van der Waals surface area contributed by atoms with E-state index in [1.807, 2.05) is 32.0 Å². The summed E-state index contributed by atoms with van der Waals surface area (Å²) in [4.78, 5) is 24.4. The van der Waals surface area contributed by atoms with Crippen LogP contribution in [0.25, 0.3) is 0 Å². The van der Waals surface area contributed by atoms with Crippen molar-refractivity contribution in [3.05, 3.63) is 29.3 Å². The number of benzene rings is 1. The lowest BCUT2D eigenvalue weighted by molar-refractivity contribution is -0.123. The van der Waals surface area contributed by atoms with Gasteiger partial charge >= 0.3 is 0 Å². The maximum atomic E-state index is 12.3. The van der Waals surface area contributed by atoms with Gasteiger partial charge in [-0.05, 0) is 44.7 Å². The lowest BCUT2D eigenvalue weighted by atomic mass is 10.1. The van der Waals surface area contributed by atoms with Crippen molar-refractivity contribution in [3.63, 3.8) is 0 Å². The highest BCUT2D eigenvalue weighted by molar-refractivity contribution is 8.02. The van der Waals surface area contributed by atoms with E-state index in [0.717, 1.165) is 26.3 Å². The first kappa shape index (κ1) is 19.6. The summed E-state index contributed by atoms with van der Waals surface area (Å²) >= 11 is 2.79. The highest BCUT2D eigenvalue weighted by Crippen LogP contribution is 2.32. The fourth-order valence-electron chi connectivity index (χ4n) is 2.43. The van der Waals surface area contributed by atoms with Gasteiger partial charge in [0.05, 0.1) is 11.8 Å². The average molecular weight is 406 g/mol. The quantitative estimate of drug-likeness (QED) is 0.585. The molecule has 0 spiro atoms. The third kappa shape index (κ3) is 5.67. The summed E-state index contributed by atoms with van der Waals surface area (Å²) in [7, 11) is 0. The number of carbonyl (C=O) groups is 2. The molecule has 0 aliphatic heterocycles. The SMILES string of the molecule is Cc1cccc(C)c1NC(=O)CNC(=O)[C@H](C)Sc1nnc(NC2CC2)s1. The zero-order valence-electron chi connectivity index (χ0n) is 15.5. The minimum absolute atomic E-state index is 0.0673. The molecule has 1 aromatic heterocycles. The Kier molecular flexibility index (Phi) is 6.33. The van der Waals surface area contributed by atoms with Crippen molar-refractivity contribution in [2.75, 3.05) is 17.2 Å². The van der Waals surface area contributed by atoms with E-state index in [0.29, 0.717) is 6.04 Å². The van der Waals surface area contributed by atoms with Crippen LogP contribution in [0.1, 0.15) is 30.9 Å². The van der Waals surface area contributed by atoms with Crippen LogP contribution < -0.4 is 16.0 Å². The number of para-hydroxylation sites is 1. The minimum Gasteiger partial charge on any atom is -0.357 e. The molecule has 1 aliphatic rings. The second kappa shape index (κ2) is 8.71. The van der Waals surface area contributed by atoms with Crippen molar-refractivity contribution in [2.24, 2.45) is 0 Å². The Balaban J connectivity index is 1.45. The number of hydrogen-bond acceptors (Lipinski definition) is 7. The van der Waals surface area contributed by atoms with Crippen molar-refractivity contribution in [1.82, 2.24) is 15.5 Å². The molecule has 3 N–H and O–H groups in total. The molecular formula is C18H23N5O2S2. The molecule has 1 saturated carbocycles. The number of rotatable bonds is 8. The van der Waals surface area contributed by atoms with Crippen molar-refractivity contribution < 1.29 is 9.59 Å². The molecule has 27 heavy (non-hydrogen) atoms. The van der Waals surface area contributed by atoms with Crippen LogP contribution >= 0.6 is 23.1 Å². The maximum Gasteiger partial charge on any atom is 0.243 e. The van der Waals surface area contributed by atoms with Gasteiger partial charge in [0, 0.05) is 11.7 Å². The van der Waals surface area contributed by atoms with Gasteiger partial charge in [-0.2, -0.15) is 0 Å². The van der Waals surface area contributed by atoms with Crippen LogP contribution in [-0.4, -0.2) is 39.8 Å². The first-order valence-corrected chi connectivity index (χ1v) is 10.5. The second-order valence-corrected chi connectivity index (χ2v) is 9.15. The van der Waals surface area contributed by atoms with Gasteiger partial charge in [-0.25, -0.2) is 0 Å². The summed E-state index contributed by atoms with van der Waals surface area (Å²) in [5.74, 6) is -0.451. The van der Waals surface area contributed by atoms with Crippen LogP contribution in [0.15, 0.2) is 22.5 Å². The van der Waals surface area contributed by atoms with Crippen LogP contribution in [0.5, 0.6) is 0 Å². The Labute approximate surface area is 166 Å². The van der Waals surface area contributed by atoms with E-state index in [9.17, 15) is 9.59 Å². The molecule has 1 aliphatic carbocycles. The van der Waals surface area contributed by atoms with E-state index in [-0.39, 0.29) is 23.6 Å². The lowest BCUT2D eigenvalue weighted by Crippen LogP contribution is -2.37. The van der Waals surface area contributed by atoms with Crippen LogP contribution in [-0.2, 0) is 9.59 Å². The first-order chi connectivity index (χ1) is 12.9. The third-order valence-corrected chi connectivity index (χ3v) is 6.17. The number of carbonyl (C=O) groups excluding carboxylic acids is 2. The number of nitrogens with one attached hydrogen (secondary N) is 3. The monoisotopic (exact) mass is 405 g/mol. The predicted molar refractivity (Wildman–Crippen MR) is 109 cm³/mol. The molecule has 1 heterocycles. The normalized spacial score (nSPS) is 14.5. The Morgan fingerprint density at radius 3 is 2.63 bits per heavy atom. The molecule has 0 saturated heterocycles. The molecule has 0 bridgehead atoms. The van der Waals surface area contributed by atoms with Gasteiger partial charge in [0.2, 0.25) is 16.9 Å². The molecular weight excluding hydrogens is 382 g/mol. The fraction of sp³-hybridized carbons (Fsp3) is 0.444. The van der Waals surface area contributed by atoms with Gasteiger partial charge < -0.3 is 16.0 Å². The maximum absolute atomic E-state index is 12.3. The van der Waals surface area contributed by atoms with E-state index in [4.69, 9.17) is 0 Å². The number of thioether (sulfide) groups is 1. The minimum atomic E-state index is -0.361.